The largest absolute Gasteiger partial charge is 0.350 e. The minimum atomic E-state index is 0.0670. The van der Waals surface area contributed by atoms with E-state index in [1.165, 1.54) is 6.42 Å². The summed E-state index contributed by atoms with van der Waals surface area (Å²) in [5.41, 5.74) is 0.415. The summed E-state index contributed by atoms with van der Waals surface area (Å²) in [7, 11) is 0. The summed E-state index contributed by atoms with van der Waals surface area (Å²) in [4.78, 5) is 0. The van der Waals surface area contributed by atoms with Crippen LogP contribution in [-0.2, 0) is 9.47 Å². The molecule has 78 valence electrons. The van der Waals surface area contributed by atoms with E-state index in [9.17, 15) is 0 Å². The zero-order valence-electron chi connectivity index (χ0n) is 9.30. The summed E-state index contributed by atoms with van der Waals surface area (Å²) >= 11 is 0. The van der Waals surface area contributed by atoms with Crippen LogP contribution >= 0.6 is 0 Å². The van der Waals surface area contributed by atoms with Gasteiger partial charge >= 0.3 is 0 Å². The highest BCUT2D eigenvalue weighted by Gasteiger charge is 2.22. The first-order chi connectivity index (χ1) is 5.97. The zero-order valence-corrected chi connectivity index (χ0v) is 9.30. The van der Waals surface area contributed by atoms with Crippen LogP contribution in [0.5, 0.6) is 0 Å². The van der Waals surface area contributed by atoms with Gasteiger partial charge in [-0.05, 0) is 17.8 Å². The van der Waals surface area contributed by atoms with Gasteiger partial charge in [-0.1, -0.05) is 27.7 Å². The standard InChI is InChI=1S/C11H22O2/c1-9(8-11(2,3)4)7-10-12-5-6-13-10/h9-10H,5-8H2,1-4H3/t9-/m1/s1. The van der Waals surface area contributed by atoms with Crippen molar-refractivity contribution in [1.29, 1.82) is 0 Å². The number of hydrogen-bond donors (Lipinski definition) is 0. The molecule has 2 heteroatoms. The Labute approximate surface area is 81.6 Å². The molecule has 0 bridgehead atoms. The normalized spacial score (nSPS) is 22.2. The summed E-state index contributed by atoms with van der Waals surface area (Å²) in [6, 6.07) is 0. The van der Waals surface area contributed by atoms with Crippen molar-refractivity contribution in [3.05, 3.63) is 0 Å². The maximum Gasteiger partial charge on any atom is 0.158 e. The molecule has 0 aromatic rings. The lowest BCUT2D eigenvalue weighted by Gasteiger charge is -2.24. The Kier molecular flexibility index (Phi) is 3.74. The second-order valence-electron chi connectivity index (χ2n) is 5.28. The van der Waals surface area contributed by atoms with Gasteiger partial charge in [-0.25, -0.2) is 0 Å². The second-order valence-corrected chi connectivity index (χ2v) is 5.28. The van der Waals surface area contributed by atoms with Crippen LogP contribution < -0.4 is 0 Å². The fraction of sp³-hybridized carbons (Fsp3) is 1.00. The lowest BCUT2D eigenvalue weighted by Crippen LogP contribution is -2.17. The Morgan fingerprint density at radius 2 is 1.77 bits per heavy atom. The molecular weight excluding hydrogens is 164 g/mol. The lowest BCUT2D eigenvalue weighted by atomic mass is 9.84. The Balaban J connectivity index is 2.20. The maximum atomic E-state index is 5.42. The average Bonchev–Trinajstić information content (AvgIpc) is 2.34. The van der Waals surface area contributed by atoms with Crippen LogP contribution in [0.1, 0.15) is 40.5 Å². The molecule has 1 heterocycles. The van der Waals surface area contributed by atoms with E-state index < -0.39 is 0 Å². The van der Waals surface area contributed by atoms with Gasteiger partial charge in [-0.3, -0.25) is 0 Å². The van der Waals surface area contributed by atoms with E-state index in [-0.39, 0.29) is 6.29 Å². The van der Waals surface area contributed by atoms with E-state index in [0.717, 1.165) is 19.6 Å². The lowest BCUT2D eigenvalue weighted by molar-refractivity contribution is -0.0580. The smallest absolute Gasteiger partial charge is 0.158 e. The zero-order chi connectivity index (χ0) is 9.90. The van der Waals surface area contributed by atoms with Gasteiger partial charge in [-0.2, -0.15) is 0 Å². The highest BCUT2D eigenvalue weighted by Crippen LogP contribution is 2.28. The van der Waals surface area contributed by atoms with Gasteiger partial charge in [0.25, 0.3) is 0 Å². The van der Waals surface area contributed by atoms with Crippen molar-refractivity contribution >= 4 is 0 Å². The summed E-state index contributed by atoms with van der Waals surface area (Å²) in [6.07, 6.45) is 2.34. The van der Waals surface area contributed by atoms with Crippen LogP contribution in [0.2, 0.25) is 0 Å². The summed E-state index contributed by atoms with van der Waals surface area (Å²) in [5.74, 6) is 0.683. The van der Waals surface area contributed by atoms with E-state index in [1.54, 1.807) is 0 Å². The predicted molar refractivity (Wildman–Crippen MR) is 53.5 cm³/mol. The van der Waals surface area contributed by atoms with Crippen LogP contribution in [-0.4, -0.2) is 19.5 Å². The first kappa shape index (κ1) is 11.0. The quantitative estimate of drug-likeness (QED) is 0.674. The molecule has 0 aromatic heterocycles. The monoisotopic (exact) mass is 186 g/mol. The first-order valence-electron chi connectivity index (χ1n) is 5.20. The van der Waals surface area contributed by atoms with Crippen molar-refractivity contribution in [2.45, 2.75) is 46.8 Å². The number of hydrogen-bond acceptors (Lipinski definition) is 2. The molecule has 1 fully saturated rings. The third-order valence-electron chi connectivity index (χ3n) is 2.25. The first-order valence-corrected chi connectivity index (χ1v) is 5.20. The van der Waals surface area contributed by atoms with E-state index in [4.69, 9.17) is 9.47 Å². The molecule has 0 spiro atoms. The molecule has 0 aliphatic carbocycles. The molecule has 1 saturated heterocycles. The van der Waals surface area contributed by atoms with Gasteiger partial charge in [0.05, 0.1) is 13.2 Å². The van der Waals surface area contributed by atoms with Crippen molar-refractivity contribution in [3.63, 3.8) is 0 Å². The van der Waals surface area contributed by atoms with E-state index in [2.05, 4.69) is 27.7 Å². The van der Waals surface area contributed by atoms with Crippen molar-refractivity contribution in [3.8, 4) is 0 Å². The Hall–Kier alpha value is -0.0800. The van der Waals surface area contributed by atoms with Gasteiger partial charge in [0.15, 0.2) is 6.29 Å². The summed E-state index contributed by atoms with van der Waals surface area (Å²) in [5, 5.41) is 0. The molecule has 0 aromatic carbocycles. The minimum Gasteiger partial charge on any atom is -0.350 e. The predicted octanol–water partition coefficient (Wildman–Crippen LogP) is 2.82. The topological polar surface area (TPSA) is 18.5 Å². The van der Waals surface area contributed by atoms with Crippen LogP contribution in [0.3, 0.4) is 0 Å². The van der Waals surface area contributed by atoms with Crippen molar-refractivity contribution in [2.75, 3.05) is 13.2 Å². The molecule has 0 unspecified atom stereocenters. The molecule has 0 saturated carbocycles. The third kappa shape index (κ3) is 4.63. The molecule has 1 atom stereocenters. The molecule has 0 amide bonds. The van der Waals surface area contributed by atoms with Crippen LogP contribution in [0.25, 0.3) is 0 Å². The van der Waals surface area contributed by atoms with Crippen molar-refractivity contribution in [2.24, 2.45) is 11.3 Å². The van der Waals surface area contributed by atoms with Crippen molar-refractivity contribution < 1.29 is 9.47 Å². The van der Waals surface area contributed by atoms with Crippen LogP contribution in [0.15, 0.2) is 0 Å². The van der Waals surface area contributed by atoms with Crippen molar-refractivity contribution in [1.82, 2.24) is 0 Å². The molecule has 1 aliphatic heterocycles. The van der Waals surface area contributed by atoms with Gasteiger partial charge in [0.2, 0.25) is 0 Å². The Morgan fingerprint density at radius 3 is 2.23 bits per heavy atom. The average molecular weight is 186 g/mol. The minimum absolute atomic E-state index is 0.0670. The summed E-state index contributed by atoms with van der Waals surface area (Å²) in [6.45, 7) is 10.6. The highest BCUT2D eigenvalue weighted by atomic mass is 16.7. The summed E-state index contributed by atoms with van der Waals surface area (Å²) < 4.78 is 10.8. The fourth-order valence-corrected chi connectivity index (χ4v) is 2.00. The van der Waals surface area contributed by atoms with E-state index >= 15 is 0 Å². The SMILES string of the molecule is C[C@H](CC1OCCO1)CC(C)(C)C. The Morgan fingerprint density at radius 1 is 1.23 bits per heavy atom. The molecule has 0 N–H and O–H groups in total. The van der Waals surface area contributed by atoms with E-state index in [0.29, 0.717) is 11.3 Å². The second kappa shape index (κ2) is 4.43. The van der Waals surface area contributed by atoms with Crippen LogP contribution in [0, 0.1) is 11.3 Å². The van der Waals surface area contributed by atoms with E-state index in [1.807, 2.05) is 0 Å². The number of ether oxygens (including phenoxy) is 2. The Bertz CT molecular complexity index is 143. The van der Waals surface area contributed by atoms with Gasteiger partial charge in [0, 0.05) is 6.42 Å². The fourth-order valence-electron chi connectivity index (χ4n) is 2.00. The highest BCUT2D eigenvalue weighted by molar-refractivity contribution is 4.68. The molecule has 13 heavy (non-hydrogen) atoms. The van der Waals surface area contributed by atoms with Crippen LogP contribution in [0.4, 0.5) is 0 Å². The molecule has 1 aliphatic rings. The maximum absolute atomic E-state index is 5.42. The molecular formula is C11H22O2. The molecule has 1 rings (SSSR count). The molecule has 0 radical (unpaired) electrons. The molecule has 2 nitrogen and oxygen atoms in total. The van der Waals surface area contributed by atoms with Gasteiger partial charge in [-0.15, -0.1) is 0 Å². The third-order valence-corrected chi connectivity index (χ3v) is 2.25. The van der Waals surface area contributed by atoms with Gasteiger partial charge in [0.1, 0.15) is 0 Å². The number of rotatable bonds is 3. The van der Waals surface area contributed by atoms with Gasteiger partial charge < -0.3 is 9.47 Å².